The molecule has 0 aliphatic rings. The molecule has 3 N–H and O–H groups in total. The van der Waals surface area contributed by atoms with Crippen LogP contribution >= 0.6 is 11.3 Å². The molecule has 0 saturated heterocycles. The first kappa shape index (κ1) is 22.3. The molecule has 10 heteroatoms. The van der Waals surface area contributed by atoms with Gasteiger partial charge in [0.1, 0.15) is 22.7 Å². The van der Waals surface area contributed by atoms with E-state index >= 15 is 0 Å². The number of hydrogen-bond acceptors (Lipinski definition) is 5. The number of halogens is 2. The second-order valence-electron chi connectivity index (χ2n) is 7.22. The Morgan fingerprint density at radius 1 is 1.03 bits per heavy atom. The second kappa shape index (κ2) is 9.61. The first-order valence-corrected chi connectivity index (χ1v) is 10.3. The van der Waals surface area contributed by atoms with Crippen LogP contribution in [-0.4, -0.2) is 28.2 Å². The zero-order chi connectivity index (χ0) is 22.5. The van der Waals surface area contributed by atoms with E-state index in [1.807, 2.05) is 31.2 Å². The maximum Gasteiger partial charge on any atom is 0.319 e. The predicted octanol–water partition coefficient (Wildman–Crippen LogP) is 4.58. The largest absolute Gasteiger partial charge is 0.326 e. The van der Waals surface area contributed by atoms with Gasteiger partial charge in [-0.15, -0.1) is 10.2 Å². The Balaban J connectivity index is 1.66. The molecule has 0 saturated carbocycles. The van der Waals surface area contributed by atoms with Gasteiger partial charge in [0.2, 0.25) is 11.0 Å². The molecule has 0 spiro atoms. The third kappa shape index (κ3) is 5.82. The first-order chi connectivity index (χ1) is 14.7. The Kier molecular flexibility index (Phi) is 6.91. The minimum atomic E-state index is -0.921. The quantitative estimate of drug-likeness (QED) is 0.518. The normalized spacial score (nSPS) is 11.8. The number of aromatic nitrogens is 2. The highest BCUT2D eigenvalue weighted by atomic mass is 32.1. The second-order valence-corrected chi connectivity index (χ2v) is 8.19. The molecular formula is C21H21F2N5O2S. The van der Waals surface area contributed by atoms with Gasteiger partial charge in [-0.2, -0.15) is 0 Å². The van der Waals surface area contributed by atoms with Crippen LogP contribution in [0, 0.1) is 24.5 Å². The van der Waals surface area contributed by atoms with Gasteiger partial charge >= 0.3 is 6.03 Å². The van der Waals surface area contributed by atoms with Crippen molar-refractivity contribution in [3.05, 3.63) is 59.7 Å². The molecule has 31 heavy (non-hydrogen) atoms. The molecule has 0 aliphatic carbocycles. The monoisotopic (exact) mass is 445 g/mol. The number of rotatable bonds is 6. The number of urea groups is 1. The van der Waals surface area contributed by atoms with Gasteiger partial charge < -0.3 is 10.6 Å². The van der Waals surface area contributed by atoms with Crippen LogP contribution in [0.25, 0.3) is 10.6 Å². The van der Waals surface area contributed by atoms with Crippen molar-refractivity contribution in [1.29, 1.82) is 0 Å². The van der Waals surface area contributed by atoms with E-state index < -0.39 is 29.6 Å². The summed E-state index contributed by atoms with van der Waals surface area (Å²) >= 11 is 1.21. The fraction of sp³-hybridized carbons (Fsp3) is 0.238. The lowest BCUT2D eigenvalue weighted by Gasteiger charge is -2.21. The lowest BCUT2D eigenvalue weighted by Crippen LogP contribution is -2.48. The SMILES string of the molecule is Cc1cccc(-c2nnc(NC(=O)C(NC(=O)Nc3ccc(F)cc3F)C(C)C)s2)c1. The van der Waals surface area contributed by atoms with Gasteiger partial charge in [0.25, 0.3) is 0 Å². The first-order valence-electron chi connectivity index (χ1n) is 9.47. The maximum atomic E-state index is 13.7. The summed E-state index contributed by atoms with van der Waals surface area (Å²) in [5.41, 5.74) is 1.76. The van der Waals surface area contributed by atoms with Crippen LogP contribution in [0.1, 0.15) is 19.4 Å². The average Bonchev–Trinajstić information content (AvgIpc) is 3.16. The van der Waals surface area contributed by atoms with Gasteiger partial charge in [-0.05, 0) is 31.0 Å². The van der Waals surface area contributed by atoms with Crippen molar-refractivity contribution in [2.75, 3.05) is 10.6 Å². The zero-order valence-corrected chi connectivity index (χ0v) is 17.9. The summed E-state index contributed by atoms with van der Waals surface area (Å²) in [5, 5.41) is 16.5. The maximum absolute atomic E-state index is 13.7. The summed E-state index contributed by atoms with van der Waals surface area (Å²) in [6.07, 6.45) is 0. The molecule has 0 radical (unpaired) electrons. The van der Waals surface area contributed by atoms with Crippen molar-refractivity contribution in [3.8, 4) is 10.6 Å². The standard InChI is InChI=1S/C21H21F2N5O2S/c1-11(2)17(25-20(30)24-16-8-7-14(22)10-15(16)23)18(29)26-21-28-27-19(31-21)13-6-4-5-12(3)9-13/h4-11,17H,1-3H3,(H2,24,25,30)(H,26,28,29). The fourth-order valence-corrected chi connectivity index (χ4v) is 3.52. The molecule has 1 heterocycles. The van der Waals surface area contributed by atoms with Gasteiger partial charge in [-0.25, -0.2) is 13.6 Å². The van der Waals surface area contributed by atoms with E-state index in [2.05, 4.69) is 26.1 Å². The fourth-order valence-electron chi connectivity index (χ4n) is 2.78. The van der Waals surface area contributed by atoms with Crippen molar-refractivity contribution in [2.45, 2.75) is 26.8 Å². The smallest absolute Gasteiger partial charge is 0.319 e. The van der Waals surface area contributed by atoms with E-state index in [1.54, 1.807) is 13.8 Å². The van der Waals surface area contributed by atoms with E-state index in [-0.39, 0.29) is 11.6 Å². The van der Waals surface area contributed by atoms with Gasteiger partial charge in [0.05, 0.1) is 5.69 Å². The highest BCUT2D eigenvalue weighted by Crippen LogP contribution is 2.27. The van der Waals surface area contributed by atoms with Gasteiger partial charge in [0, 0.05) is 11.6 Å². The molecule has 3 aromatic rings. The Morgan fingerprint density at radius 2 is 1.81 bits per heavy atom. The van der Waals surface area contributed by atoms with E-state index in [4.69, 9.17) is 0 Å². The summed E-state index contributed by atoms with van der Waals surface area (Å²) < 4.78 is 26.8. The molecular weight excluding hydrogens is 424 g/mol. The zero-order valence-electron chi connectivity index (χ0n) is 17.1. The number of hydrogen-bond donors (Lipinski definition) is 3. The number of aryl methyl sites for hydroxylation is 1. The molecule has 162 valence electrons. The third-order valence-corrected chi connectivity index (χ3v) is 5.22. The summed E-state index contributed by atoms with van der Waals surface area (Å²) in [6.45, 7) is 5.47. The van der Waals surface area contributed by atoms with E-state index in [0.29, 0.717) is 16.2 Å². The van der Waals surface area contributed by atoms with Crippen molar-refractivity contribution in [3.63, 3.8) is 0 Å². The van der Waals surface area contributed by atoms with Crippen molar-refractivity contribution in [1.82, 2.24) is 15.5 Å². The van der Waals surface area contributed by atoms with Crippen LogP contribution in [-0.2, 0) is 4.79 Å². The van der Waals surface area contributed by atoms with Gasteiger partial charge in [-0.1, -0.05) is 48.9 Å². The molecule has 7 nitrogen and oxygen atoms in total. The van der Waals surface area contributed by atoms with E-state index in [9.17, 15) is 18.4 Å². The Hall–Kier alpha value is -3.40. The number of nitrogens with one attached hydrogen (secondary N) is 3. The van der Waals surface area contributed by atoms with Crippen molar-refractivity contribution < 1.29 is 18.4 Å². The average molecular weight is 445 g/mol. The third-order valence-electron chi connectivity index (χ3n) is 4.34. The number of anilines is 2. The van der Waals surface area contributed by atoms with Crippen LogP contribution in [0.5, 0.6) is 0 Å². The minimum Gasteiger partial charge on any atom is -0.326 e. The van der Waals surface area contributed by atoms with Gasteiger partial charge in [-0.3, -0.25) is 10.1 Å². The summed E-state index contributed by atoms with van der Waals surface area (Å²) in [7, 11) is 0. The van der Waals surface area contributed by atoms with Crippen LogP contribution in [0.15, 0.2) is 42.5 Å². The Bertz CT molecular complexity index is 1100. The number of nitrogens with zero attached hydrogens (tertiary/aromatic N) is 2. The molecule has 2 aromatic carbocycles. The molecule has 0 aliphatic heterocycles. The van der Waals surface area contributed by atoms with Crippen molar-refractivity contribution in [2.24, 2.45) is 5.92 Å². The lowest BCUT2D eigenvalue weighted by atomic mass is 10.0. The molecule has 0 fully saturated rings. The lowest BCUT2D eigenvalue weighted by molar-refractivity contribution is -0.118. The Labute approximate surface area is 181 Å². The molecule has 3 rings (SSSR count). The highest BCUT2D eigenvalue weighted by Gasteiger charge is 2.25. The molecule has 0 bridgehead atoms. The predicted molar refractivity (Wildman–Crippen MR) is 116 cm³/mol. The van der Waals surface area contributed by atoms with E-state index in [1.165, 1.54) is 11.3 Å². The molecule has 3 amide bonds. The number of benzene rings is 2. The van der Waals surface area contributed by atoms with Crippen LogP contribution in [0.3, 0.4) is 0 Å². The molecule has 1 unspecified atom stereocenters. The molecule has 1 atom stereocenters. The van der Waals surface area contributed by atoms with E-state index in [0.717, 1.165) is 23.3 Å². The van der Waals surface area contributed by atoms with Crippen LogP contribution < -0.4 is 16.0 Å². The van der Waals surface area contributed by atoms with Crippen LogP contribution in [0.2, 0.25) is 0 Å². The van der Waals surface area contributed by atoms with Crippen LogP contribution in [0.4, 0.5) is 24.4 Å². The number of carbonyl (C=O) groups excluding carboxylic acids is 2. The van der Waals surface area contributed by atoms with Crippen molar-refractivity contribution >= 4 is 34.1 Å². The highest BCUT2D eigenvalue weighted by molar-refractivity contribution is 7.18. The number of carbonyl (C=O) groups is 2. The van der Waals surface area contributed by atoms with Gasteiger partial charge in [0.15, 0.2) is 0 Å². The summed E-state index contributed by atoms with van der Waals surface area (Å²) in [4.78, 5) is 25.0. The topological polar surface area (TPSA) is 96.0 Å². The summed E-state index contributed by atoms with van der Waals surface area (Å²) in [5.74, 6) is -2.44. The minimum absolute atomic E-state index is 0.200. The molecule has 1 aromatic heterocycles. The summed E-state index contributed by atoms with van der Waals surface area (Å²) in [6, 6.07) is 8.80. The Morgan fingerprint density at radius 3 is 2.48 bits per heavy atom. The number of amides is 3.